The van der Waals surface area contributed by atoms with Gasteiger partial charge in [0, 0.05) is 18.8 Å². The number of anilines is 1. The number of nitrogens with one attached hydrogen (secondary N) is 2. The Morgan fingerprint density at radius 3 is 2.85 bits per heavy atom. The van der Waals surface area contributed by atoms with Gasteiger partial charge in [-0.15, -0.1) is 0 Å². The highest BCUT2D eigenvalue weighted by atomic mass is 16.2. The monoisotopic (exact) mass is 270 g/mol. The molecule has 20 heavy (non-hydrogen) atoms. The molecule has 1 fully saturated rings. The van der Waals surface area contributed by atoms with Gasteiger partial charge >= 0.3 is 0 Å². The lowest BCUT2D eigenvalue weighted by atomic mass is 10.1. The number of carbonyl (C=O) groups excluding carboxylic acids is 1. The van der Waals surface area contributed by atoms with Gasteiger partial charge in [-0.1, -0.05) is 18.2 Å². The zero-order valence-corrected chi connectivity index (χ0v) is 11.5. The molecule has 2 N–H and O–H groups in total. The van der Waals surface area contributed by atoms with Crippen LogP contribution >= 0.6 is 0 Å². The lowest BCUT2D eigenvalue weighted by Crippen LogP contribution is -2.28. The molecule has 1 amide bonds. The van der Waals surface area contributed by atoms with E-state index in [4.69, 9.17) is 0 Å². The fourth-order valence-corrected chi connectivity index (χ4v) is 2.61. The quantitative estimate of drug-likeness (QED) is 0.898. The largest absolute Gasteiger partial charge is 0.311 e. The van der Waals surface area contributed by atoms with Crippen LogP contribution in [0.5, 0.6) is 0 Å². The fourth-order valence-electron chi connectivity index (χ4n) is 2.61. The van der Waals surface area contributed by atoms with Crippen molar-refractivity contribution >= 4 is 11.6 Å². The van der Waals surface area contributed by atoms with Crippen molar-refractivity contribution < 1.29 is 4.79 Å². The molecule has 1 saturated heterocycles. The van der Waals surface area contributed by atoms with Gasteiger partial charge in [0.1, 0.15) is 0 Å². The van der Waals surface area contributed by atoms with Crippen LogP contribution in [0.15, 0.2) is 36.5 Å². The predicted molar refractivity (Wildman–Crippen MR) is 77.7 cm³/mol. The van der Waals surface area contributed by atoms with E-state index >= 15 is 0 Å². The van der Waals surface area contributed by atoms with E-state index in [1.807, 2.05) is 30.3 Å². The zero-order chi connectivity index (χ0) is 13.9. The first-order chi connectivity index (χ1) is 9.77. The van der Waals surface area contributed by atoms with Gasteiger partial charge in [-0.05, 0) is 31.5 Å². The molecule has 0 bridgehead atoms. The Morgan fingerprint density at radius 2 is 2.15 bits per heavy atom. The molecule has 5 heteroatoms. The van der Waals surface area contributed by atoms with Gasteiger partial charge < -0.3 is 10.2 Å². The van der Waals surface area contributed by atoms with Gasteiger partial charge in [0.2, 0.25) is 0 Å². The molecule has 1 aromatic carbocycles. The average molecular weight is 270 g/mol. The van der Waals surface area contributed by atoms with Gasteiger partial charge in [-0.2, -0.15) is 5.10 Å². The van der Waals surface area contributed by atoms with Crippen LogP contribution in [0.4, 0.5) is 5.69 Å². The number of hydrogen-bond donors (Lipinski definition) is 2. The summed E-state index contributed by atoms with van der Waals surface area (Å²) in [6.45, 7) is 0.992. The minimum absolute atomic E-state index is 0.0337. The van der Waals surface area contributed by atoms with Crippen molar-refractivity contribution in [2.75, 3.05) is 18.5 Å². The van der Waals surface area contributed by atoms with Crippen molar-refractivity contribution in [2.45, 2.75) is 18.9 Å². The summed E-state index contributed by atoms with van der Waals surface area (Å²) in [7, 11) is 1.79. The van der Waals surface area contributed by atoms with Gasteiger partial charge in [0.05, 0.1) is 17.5 Å². The third kappa shape index (κ3) is 2.32. The minimum Gasteiger partial charge on any atom is -0.311 e. The number of aromatic amines is 1. The van der Waals surface area contributed by atoms with Crippen LogP contribution in [0.25, 0.3) is 0 Å². The Hall–Kier alpha value is -2.14. The Labute approximate surface area is 118 Å². The van der Waals surface area contributed by atoms with Gasteiger partial charge in [-0.25, -0.2) is 0 Å². The summed E-state index contributed by atoms with van der Waals surface area (Å²) in [5, 5.41) is 10.4. The highest BCUT2D eigenvalue weighted by Gasteiger charge is 2.26. The second-order valence-corrected chi connectivity index (χ2v) is 5.05. The predicted octanol–water partition coefficient (Wildman–Crippen LogP) is 2.11. The molecule has 5 nitrogen and oxygen atoms in total. The third-order valence-corrected chi connectivity index (χ3v) is 3.76. The summed E-state index contributed by atoms with van der Waals surface area (Å²) in [4.78, 5) is 14.3. The summed E-state index contributed by atoms with van der Waals surface area (Å²) in [6, 6.07) is 9.84. The molecule has 0 unspecified atom stereocenters. The first-order valence-electron chi connectivity index (χ1n) is 6.87. The van der Waals surface area contributed by atoms with Crippen LogP contribution in [0, 0.1) is 0 Å². The van der Waals surface area contributed by atoms with E-state index in [1.165, 1.54) is 0 Å². The van der Waals surface area contributed by atoms with Gasteiger partial charge in [0.15, 0.2) is 0 Å². The molecule has 2 aromatic rings. The topological polar surface area (TPSA) is 61.0 Å². The van der Waals surface area contributed by atoms with Crippen LogP contribution in [-0.2, 0) is 0 Å². The molecule has 0 spiro atoms. The third-order valence-electron chi connectivity index (χ3n) is 3.76. The number of nitrogens with zero attached hydrogens (tertiary/aromatic N) is 2. The maximum absolute atomic E-state index is 12.6. The number of para-hydroxylation sites is 1. The van der Waals surface area contributed by atoms with E-state index in [0.717, 1.165) is 30.8 Å². The molecular weight excluding hydrogens is 252 g/mol. The Bertz CT molecular complexity index is 587. The van der Waals surface area contributed by atoms with Gasteiger partial charge in [-0.3, -0.25) is 9.89 Å². The summed E-state index contributed by atoms with van der Waals surface area (Å²) in [5.74, 6) is -0.0337. The van der Waals surface area contributed by atoms with Gasteiger partial charge in [0.25, 0.3) is 5.91 Å². The highest BCUT2D eigenvalue weighted by molar-refractivity contribution is 6.06. The van der Waals surface area contributed by atoms with Crippen LogP contribution in [0.3, 0.4) is 0 Å². The van der Waals surface area contributed by atoms with Crippen LogP contribution < -0.4 is 10.2 Å². The molecule has 2 heterocycles. The molecule has 0 saturated carbocycles. The molecular formula is C15H18N4O. The summed E-state index contributed by atoms with van der Waals surface area (Å²) in [6.07, 6.45) is 3.79. The van der Waals surface area contributed by atoms with E-state index in [9.17, 15) is 4.79 Å². The number of aromatic nitrogens is 2. The molecule has 1 aromatic heterocycles. The number of benzene rings is 1. The van der Waals surface area contributed by atoms with E-state index in [0.29, 0.717) is 5.56 Å². The van der Waals surface area contributed by atoms with E-state index in [2.05, 4.69) is 15.5 Å². The Morgan fingerprint density at radius 1 is 1.35 bits per heavy atom. The minimum atomic E-state index is -0.0337. The maximum Gasteiger partial charge on any atom is 0.261 e. The van der Waals surface area contributed by atoms with Crippen molar-refractivity contribution in [3.8, 4) is 0 Å². The smallest absolute Gasteiger partial charge is 0.261 e. The Kier molecular flexibility index (Phi) is 3.52. The molecule has 0 radical (unpaired) electrons. The van der Waals surface area contributed by atoms with Crippen LogP contribution in [0.2, 0.25) is 0 Å². The maximum atomic E-state index is 12.6. The first kappa shape index (κ1) is 12.9. The number of rotatable bonds is 3. The second kappa shape index (κ2) is 5.46. The summed E-state index contributed by atoms with van der Waals surface area (Å²) < 4.78 is 0. The fraction of sp³-hybridized carbons (Fsp3) is 0.333. The Balaban J connectivity index is 1.86. The summed E-state index contributed by atoms with van der Waals surface area (Å²) >= 11 is 0. The van der Waals surface area contributed by atoms with Crippen molar-refractivity contribution in [1.29, 1.82) is 0 Å². The lowest BCUT2D eigenvalue weighted by Gasteiger charge is -2.18. The van der Waals surface area contributed by atoms with Crippen molar-refractivity contribution in [2.24, 2.45) is 0 Å². The molecule has 104 valence electrons. The molecule has 0 aliphatic carbocycles. The van der Waals surface area contributed by atoms with E-state index < -0.39 is 0 Å². The lowest BCUT2D eigenvalue weighted by molar-refractivity contribution is 0.0991. The molecule has 1 aliphatic heterocycles. The first-order valence-corrected chi connectivity index (χ1v) is 6.87. The number of amides is 1. The highest BCUT2D eigenvalue weighted by Crippen LogP contribution is 2.25. The second-order valence-electron chi connectivity index (χ2n) is 5.05. The number of carbonyl (C=O) groups is 1. The van der Waals surface area contributed by atoms with Crippen LogP contribution in [-0.4, -0.2) is 29.7 Å². The zero-order valence-electron chi connectivity index (χ0n) is 11.5. The van der Waals surface area contributed by atoms with E-state index in [1.54, 1.807) is 18.1 Å². The molecule has 1 aliphatic rings. The van der Waals surface area contributed by atoms with Crippen molar-refractivity contribution in [3.05, 3.63) is 47.8 Å². The van der Waals surface area contributed by atoms with Crippen molar-refractivity contribution in [3.63, 3.8) is 0 Å². The average Bonchev–Trinajstić information content (AvgIpc) is 3.16. The van der Waals surface area contributed by atoms with Crippen LogP contribution in [0.1, 0.15) is 34.9 Å². The number of H-pyrrole nitrogens is 1. The molecule has 1 atom stereocenters. The van der Waals surface area contributed by atoms with E-state index in [-0.39, 0.29) is 11.9 Å². The molecule has 3 rings (SSSR count). The van der Waals surface area contributed by atoms with Crippen molar-refractivity contribution in [1.82, 2.24) is 15.5 Å². The summed E-state index contributed by atoms with van der Waals surface area (Å²) in [5.41, 5.74) is 2.43. The standard InChI is InChI=1S/C15H18N4O/c1-19(11-6-3-2-4-7-11)15(20)12-10-17-18-14(12)13-8-5-9-16-13/h2-4,6-7,10,13,16H,5,8-9H2,1H3,(H,17,18)/t13-/m0/s1. The normalized spacial score (nSPS) is 18.1. The number of hydrogen-bond acceptors (Lipinski definition) is 3. The SMILES string of the molecule is CN(C(=O)c1cn[nH]c1[C@@H]1CCCN1)c1ccccc1.